The first-order valence-electron chi connectivity index (χ1n) is 3.94. The van der Waals surface area contributed by atoms with E-state index >= 15 is 0 Å². The summed E-state index contributed by atoms with van der Waals surface area (Å²) in [4.78, 5) is 0. The molecule has 1 aromatic rings. The van der Waals surface area contributed by atoms with E-state index in [1.54, 1.807) is 6.92 Å². The summed E-state index contributed by atoms with van der Waals surface area (Å²) in [5.74, 6) is 0. The molecule has 1 atom stereocenters. The van der Waals surface area contributed by atoms with Crippen LogP contribution in [0.25, 0.3) is 0 Å². The summed E-state index contributed by atoms with van der Waals surface area (Å²) < 4.78 is 37.1. The van der Waals surface area contributed by atoms with Crippen molar-refractivity contribution in [1.29, 1.82) is 0 Å². The van der Waals surface area contributed by atoms with Crippen molar-refractivity contribution >= 4 is 24.0 Å². The standard InChI is InChI=1S/C9H9ClF3N.ClH/c1-5(14)6-2-3-8(10)7(4-6)9(11,12)13;/h2-5H,14H2,1H3;1H/t5-;/m1./s1. The number of alkyl halides is 3. The Hall–Kier alpha value is -0.450. The lowest BCUT2D eigenvalue weighted by molar-refractivity contribution is -0.137. The van der Waals surface area contributed by atoms with Crippen LogP contribution in [-0.4, -0.2) is 0 Å². The number of hydrogen-bond acceptors (Lipinski definition) is 1. The Labute approximate surface area is 96.8 Å². The van der Waals surface area contributed by atoms with Crippen molar-refractivity contribution in [3.05, 3.63) is 34.3 Å². The molecule has 15 heavy (non-hydrogen) atoms. The van der Waals surface area contributed by atoms with Gasteiger partial charge in [0.2, 0.25) is 0 Å². The Morgan fingerprint density at radius 2 is 1.87 bits per heavy atom. The minimum Gasteiger partial charge on any atom is -0.324 e. The van der Waals surface area contributed by atoms with Gasteiger partial charge in [-0.25, -0.2) is 0 Å². The predicted molar refractivity (Wildman–Crippen MR) is 56.3 cm³/mol. The van der Waals surface area contributed by atoms with Crippen LogP contribution in [0.3, 0.4) is 0 Å². The number of halogens is 5. The Bertz CT molecular complexity index is 337. The van der Waals surface area contributed by atoms with Gasteiger partial charge in [-0.15, -0.1) is 12.4 Å². The Balaban J connectivity index is 0.00000196. The van der Waals surface area contributed by atoms with Crippen LogP contribution >= 0.6 is 24.0 Å². The van der Waals surface area contributed by atoms with E-state index in [1.807, 2.05) is 0 Å². The van der Waals surface area contributed by atoms with Crippen LogP contribution in [0.2, 0.25) is 5.02 Å². The summed E-state index contributed by atoms with van der Waals surface area (Å²) in [6.07, 6.45) is -4.43. The Morgan fingerprint density at radius 3 is 2.27 bits per heavy atom. The largest absolute Gasteiger partial charge is 0.417 e. The Kier molecular flexibility index (Phi) is 4.90. The third-order valence-electron chi connectivity index (χ3n) is 1.82. The lowest BCUT2D eigenvalue weighted by Gasteiger charge is -2.12. The van der Waals surface area contributed by atoms with Gasteiger partial charge in [-0.2, -0.15) is 13.2 Å². The van der Waals surface area contributed by atoms with Crippen molar-refractivity contribution in [2.75, 3.05) is 0 Å². The van der Waals surface area contributed by atoms with Gasteiger partial charge in [0, 0.05) is 6.04 Å². The molecule has 1 nitrogen and oxygen atoms in total. The highest BCUT2D eigenvalue weighted by atomic mass is 35.5. The van der Waals surface area contributed by atoms with Crippen LogP contribution in [0, 0.1) is 0 Å². The van der Waals surface area contributed by atoms with E-state index in [1.165, 1.54) is 12.1 Å². The summed E-state index contributed by atoms with van der Waals surface area (Å²) >= 11 is 5.42. The average molecular weight is 260 g/mol. The fourth-order valence-electron chi connectivity index (χ4n) is 1.04. The molecule has 1 rings (SSSR count). The second-order valence-electron chi connectivity index (χ2n) is 3.03. The van der Waals surface area contributed by atoms with Gasteiger partial charge < -0.3 is 5.73 Å². The zero-order chi connectivity index (χ0) is 10.9. The Morgan fingerprint density at radius 1 is 1.33 bits per heavy atom. The van der Waals surface area contributed by atoms with Gasteiger partial charge >= 0.3 is 6.18 Å². The molecule has 0 saturated heterocycles. The van der Waals surface area contributed by atoms with Gasteiger partial charge in [0.1, 0.15) is 0 Å². The van der Waals surface area contributed by atoms with E-state index in [-0.39, 0.29) is 17.4 Å². The number of benzene rings is 1. The predicted octanol–water partition coefficient (Wildman–Crippen LogP) is 3.80. The normalized spacial score (nSPS) is 13.2. The number of rotatable bonds is 1. The molecule has 0 spiro atoms. The highest BCUT2D eigenvalue weighted by Crippen LogP contribution is 2.35. The second-order valence-corrected chi connectivity index (χ2v) is 3.43. The molecule has 0 aromatic heterocycles. The van der Waals surface area contributed by atoms with Crippen molar-refractivity contribution in [1.82, 2.24) is 0 Å². The molecule has 0 heterocycles. The molecule has 0 aliphatic rings. The zero-order valence-electron chi connectivity index (χ0n) is 7.81. The molecule has 0 bridgehead atoms. The van der Waals surface area contributed by atoms with Gasteiger partial charge in [0.15, 0.2) is 0 Å². The van der Waals surface area contributed by atoms with Crippen LogP contribution < -0.4 is 5.73 Å². The van der Waals surface area contributed by atoms with Crippen molar-refractivity contribution in [2.24, 2.45) is 5.73 Å². The van der Waals surface area contributed by atoms with Gasteiger partial charge in [-0.05, 0) is 24.6 Å². The van der Waals surface area contributed by atoms with Crippen LogP contribution in [-0.2, 0) is 6.18 Å². The van der Waals surface area contributed by atoms with E-state index in [0.717, 1.165) is 6.07 Å². The zero-order valence-corrected chi connectivity index (χ0v) is 9.38. The first kappa shape index (κ1) is 14.6. The number of hydrogen-bond donors (Lipinski definition) is 1. The molecule has 6 heteroatoms. The van der Waals surface area contributed by atoms with E-state index in [4.69, 9.17) is 17.3 Å². The molecule has 0 unspecified atom stereocenters. The van der Waals surface area contributed by atoms with Gasteiger partial charge in [0.25, 0.3) is 0 Å². The van der Waals surface area contributed by atoms with Crippen molar-refractivity contribution in [3.8, 4) is 0 Å². The quantitative estimate of drug-likeness (QED) is 0.816. The molecular weight excluding hydrogens is 250 g/mol. The molecule has 1 aromatic carbocycles. The van der Waals surface area contributed by atoms with E-state index in [0.29, 0.717) is 5.56 Å². The fourth-order valence-corrected chi connectivity index (χ4v) is 1.27. The molecule has 0 aliphatic heterocycles. The van der Waals surface area contributed by atoms with Crippen molar-refractivity contribution in [2.45, 2.75) is 19.1 Å². The van der Waals surface area contributed by atoms with Crippen molar-refractivity contribution < 1.29 is 13.2 Å². The maximum Gasteiger partial charge on any atom is 0.417 e. The third-order valence-corrected chi connectivity index (χ3v) is 2.15. The molecule has 86 valence electrons. The second kappa shape index (κ2) is 5.05. The third kappa shape index (κ3) is 3.55. The first-order chi connectivity index (χ1) is 6.32. The summed E-state index contributed by atoms with van der Waals surface area (Å²) in [6, 6.07) is 3.24. The lowest BCUT2D eigenvalue weighted by Crippen LogP contribution is -2.10. The first-order valence-corrected chi connectivity index (χ1v) is 4.32. The van der Waals surface area contributed by atoms with Crippen LogP contribution in [0.5, 0.6) is 0 Å². The van der Waals surface area contributed by atoms with Crippen LogP contribution in [0.4, 0.5) is 13.2 Å². The maximum absolute atomic E-state index is 12.4. The summed E-state index contributed by atoms with van der Waals surface area (Å²) in [6.45, 7) is 1.61. The van der Waals surface area contributed by atoms with E-state index < -0.39 is 17.8 Å². The topological polar surface area (TPSA) is 26.0 Å². The highest BCUT2D eigenvalue weighted by Gasteiger charge is 2.33. The fraction of sp³-hybridized carbons (Fsp3) is 0.333. The smallest absolute Gasteiger partial charge is 0.324 e. The van der Waals surface area contributed by atoms with E-state index in [2.05, 4.69) is 0 Å². The molecule has 0 amide bonds. The van der Waals surface area contributed by atoms with Gasteiger partial charge in [-0.3, -0.25) is 0 Å². The summed E-state index contributed by atoms with van der Waals surface area (Å²) in [5.41, 5.74) is 5.04. The van der Waals surface area contributed by atoms with Gasteiger partial charge in [-0.1, -0.05) is 17.7 Å². The van der Waals surface area contributed by atoms with E-state index in [9.17, 15) is 13.2 Å². The minimum absolute atomic E-state index is 0. The SMILES string of the molecule is C[C@@H](N)c1ccc(Cl)c(C(F)(F)F)c1.Cl. The van der Waals surface area contributed by atoms with Crippen LogP contribution in [0.1, 0.15) is 24.1 Å². The van der Waals surface area contributed by atoms with Crippen molar-refractivity contribution in [3.63, 3.8) is 0 Å². The molecule has 0 fully saturated rings. The highest BCUT2D eigenvalue weighted by molar-refractivity contribution is 6.31. The average Bonchev–Trinajstić information content (AvgIpc) is 2.02. The monoisotopic (exact) mass is 259 g/mol. The maximum atomic E-state index is 12.4. The summed E-state index contributed by atoms with van der Waals surface area (Å²) in [7, 11) is 0. The molecular formula is C9H10Cl2F3N. The lowest BCUT2D eigenvalue weighted by atomic mass is 10.1. The molecule has 2 N–H and O–H groups in total. The number of nitrogens with two attached hydrogens (primary N) is 1. The molecule has 0 saturated carbocycles. The minimum atomic E-state index is -4.43. The van der Waals surface area contributed by atoms with Crippen LogP contribution in [0.15, 0.2) is 18.2 Å². The summed E-state index contributed by atoms with van der Waals surface area (Å²) in [5, 5.41) is -0.304. The molecule has 0 aliphatic carbocycles. The molecule has 0 radical (unpaired) electrons. The van der Waals surface area contributed by atoms with Gasteiger partial charge in [0.05, 0.1) is 10.6 Å².